The van der Waals surface area contributed by atoms with Crippen LogP contribution in [-0.2, 0) is 4.79 Å². The standard InChI is InChI=1S/C12H24N2O3/c1-4-6-7-8-9-13-11(17)14-12(3,5-2)10(15)16/h4-9H2,1-3H3,(H,15,16)(H2,13,14,17). The third-order valence-corrected chi connectivity index (χ3v) is 2.88. The highest BCUT2D eigenvalue weighted by molar-refractivity contribution is 5.85. The number of hydrogen-bond acceptors (Lipinski definition) is 2. The minimum Gasteiger partial charge on any atom is -0.480 e. The summed E-state index contributed by atoms with van der Waals surface area (Å²) in [6, 6.07) is -0.409. The normalized spacial score (nSPS) is 13.8. The van der Waals surface area contributed by atoms with Crippen LogP contribution < -0.4 is 10.6 Å². The van der Waals surface area contributed by atoms with Crippen LogP contribution in [-0.4, -0.2) is 29.2 Å². The number of unbranched alkanes of at least 4 members (excludes halogenated alkanes) is 3. The second-order valence-corrected chi connectivity index (χ2v) is 4.43. The molecule has 5 nitrogen and oxygen atoms in total. The molecule has 0 aliphatic carbocycles. The maximum atomic E-state index is 11.5. The van der Waals surface area contributed by atoms with E-state index in [1.165, 1.54) is 6.92 Å². The van der Waals surface area contributed by atoms with Crippen molar-refractivity contribution in [3.05, 3.63) is 0 Å². The lowest BCUT2D eigenvalue weighted by atomic mass is 10.00. The van der Waals surface area contributed by atoms with Crippen LogP contribution in [0.5, 0.6) is 0 Å². The van der Waals surface area contributed by atoms with Gasteiger partial charge in [0.05, 0.1) is 0 Å². The molecular weight excluding hydrogens is 220 g/mol. The van der Waals surface area contributed by atoms with Gasteiger partial charge in [0.15, 0.2) is 0 Å². The topological polar surface area (TPSA) is 78.4 Å². The molecule has 3 N–H and O–H groups in total. The van der Waals surface area contributed by atoms with Gasteiger partial charge in [0.25, 0.3) is 0 Å². The molecular formula is C12H24N2O3. The molecule has 0 aliphatic heterocycles. The SMILES string of the molecule is CCCCCCNC(=O)NC(C)(CC)C(=O)O. The van der Waals surface area contributed by atoms with Gasteiger partial charge in [-0.15, -0.1) is 0 Å². The molecule has 0 spiro atoms. The molecule has 100 valence electrons. The summed E-state index contributed by atoms with van der Waals surface area (Å²) in [5.74, 6) is -1.01. The molecule has 0 radical (unpaired) electrons. The average molecular weight is 244 g/mol. The smallest absolute Gasteiger partial charge is 0.329 e. The van der Waals surface area contributed by atoms with Crippen molar-refractivity contribution in [2.75, 3.05) is 6.54 Å². The number of carbonyl (C=O) groups excluding carboxylic acids is 1. The van der Waals surface area contributed by atoms with E-state index in [1.807, 2.05) is 0 Å². The number of carbonyl (C=O) groups is 2. The van der Waals surface area contributed by atoms with E-state index in [1.54, 1.807) is 6.92 Å². The zero-order chi connectivity index (χ0) is 13.3. The third-order valence-electron chi connectivity index (χ3n) is 2.88. The fraction of sp³-hybridized carbons (Fsp3) is 0.833. The lowest BCUT2D eigenvalue weighted by Gasteiger charge is -2.24. The summed E-state index contributed by atoms with van der Waals surface area (Å²) in [6.07, 6.45) is 4.67. The van der Waals surface area contributed by atoms with Crippen LogP contribution in [0.2, 0.25) is 0 Å². The fourth-order valence-electron chi connectivity index (χ4n) is 1.34. The molecule has 0 saturated carbocycles. The summed E-state index contributed by atoms with van der Waals surface area (Å²) < 4.78 is 0. The van der Waals surface area contributed by atoms with Crippen LogP contribution in [0.25, 0.3) is 0 Å². The Kier molecular flexibility index (Phi) is 7.34. The maximum Gasteiger partial charge on any atom is 0.329 e. The van der Waals surface area contributed by atoms with Gasteiger partial charge < -0.3 is 15.7 Å². The van der Waals surface area contributed by atoms with E-state index in [4.69, 9.17) is 5.11 Å². The Labute approximate surface area is 103 Å². The number of carboxylic acids is 1. The molecule has 0 saturated heterocycles. The van der Waals surface area contributed by atoms with Crippen molar-refractivity contribution >= 4 is 12.0 Å². The Bertz CT molecular complexity index is 256. The molecule has 1 atom stereocenters. The predicted molar refractivity (Wildman–Crippen MR) is 67.0 cm³/mol. The molecule has 17 heavy (non-hydrogen) atoms. The van der Waals surface area contributed by atoms with Gasteiger partial charge in [-0.1, -0.05) is 33.1 Å². The monoisotopic (exact) mass is 244 g/mol. The van der Waals surface area contributed by atoms with Gasteiger partial charge >= 0.3 is 12.0 Å². The van der Waals surface area contributed by atoms with Crippen molar-refractivity contribution in [1.82, 2.24) is 10.6 Å². The lowest BCUT2D eigenvalue weighted by Crippen LogP contribution is -2.54. The molecule has 0 aromatic heterocycles. The molecule has 0 fully saturated rings. The first kappa shape index (κ1) is 15.7. The molecule has 0 aromatic rings. The molecule has 5 heteroatoms. The molecule has 0 aliphatic rings. The van der Waals surface area contributed by atoms with Crippen LogP contribution in [0.4, 0.5) is 4.79 Å². The Balaban J connectivity index is 3.88. The number of hydrogen-bond donors (Lipinski definition) is 3. The second-order valence-electron chi connectivity index (χ2n) is 4.43. The van der Waals surface area contributed by atoms with E-state index in [2.05, 4.69) is 17.6 Å². The summed E-state index contributed by atoms with van der Waals surface area (Å²) >= 11 is 0. The quantitative estimate of drug-likeness (QED) is 0.572. The van der Waals surface area contributed by atoms with E-state index in [9.17, 15) is 9.59 Å². The second kappa shape index (κ2) is 7.92. The van der Waals surface area contributed by atoms with Crippen molar-refractivity contribution in [2.24, 2.45) is 0 Å². The van der Waals surface area contributed by atoms with Gasteiger partial charge in [0.2, 0.25) is 0 Å². The Hall–Kier alpha value is -1.26. The van der Waals surface area contributed by atoms with Crippen LogP contribution in [0.3, 0.4) is 0 Å². The zero-order valence-electron chi connectivity index (χ0n) is 11.0. The largest absolute Gasteiger partial charge is 0.480 e. The highest BCUT2D eigenvalue weighted by Crippen LogP contribution is 2.08. The summed E-state index contributed by atoms with van der Waals surface area (Å²) in [5.41, 5.74) is -1.19. The first-order valence-electron chi connectivity index (χ1n) is 6.25. The highest BCUT2D eigenvalue weighted by Gasteiger charge is 2.32. The molecule has 0 rings (SSSR count). The van der Waals surface area contributed by atoms with Gasteiger partial charge in [-0.2, -0.15) is 0 Å². The Morgan fingerprint density at radius 3 is 2.29 bits per heavy atom. The predicted octanol–water partition coefficient (Wildman–Crippen LogP) is 2.12. The average Bonchev–Trinajstić information content (AvgIpc) is 2.28. The molecule has 0 bridgehead atoms. The minimum absolute atomic E-state index is 0.353. The molecule has 2 amide bonds. The van der Waals surface area contributed by atoms with Crippen LogP contribution >= 0.6 is 0 Å². The van der Waals surface area contributed by atoms with E-state index in [-0.39, 0.29) is 0 Å². The van der Waals surface area contributed by atoms with Crippen molar-refractivity contribution in [3.8, 4) is 0 Å². The number of rotatable bonds is 8. The fourth-order valence-corrected chi connectivity index (χ4v) is 1.34. The highest BCUT2D eigenvalue weighted by atomic mass is 16.4. The zero-order valence-corrected chi connectivity index (χ0v) is 11.0. The van der Waals surface area contributed by atoms with E-state index in [0.29, 0.717) is 13.0 Å². The summed E-state index contributed by atoms with van der Waals surface area (Å²) in [5, 5.41) is 14.1. The van der Waals surface area contributed by atoms with Gasteiger partial charge in [0.1, 0.15) is 5.54 Å². The number of amides is 2. The van der Waals surface area contributed by atoms with E-state index in [0.717, 1.165) is 25.7 Å². The van der Waals surface area contributed by atoms with Crippen LogP contribution in [0.15, 0.2) is 0 Å². The van der Waals surface area contributed by atoms with E-state index >= 15 is 0 Å². The van der Waals surface area contributed by atoms with Gasteiger partial charge in [-0.3, -0.25) is 0 Å². The first-order chi connectivity index (χ1) is 7.96. The van der Waals surface area contributed by atoms with E-state index < -0.39 is 17.5 Å². The Morgan fingerprint density at radius 1 is 1.18 bits per heavy atom. The molecule has 1 unspecified atom stereocenters. The number of urea groups is 1. The Morgan fingerprint density at radius 2 is 1.82 bits per heavy atom. The van der Waals surface area contributed by atoms with Gasteiger partial charge in [-0.25, -0.2) is 9.59 Å². The number of nitrogens with one attached hydrogen (secondary N) is 2. The van der Waals surface area contributed by atoms with Crippen LogP contribution in [0, 0.1) is 0 Å². The van der Waals surface area contributed by atoms with Crippen molar-refractivity contribution < 1.29 is 14.7 Å². The number of carboxylic acid groups (broad SMARTS) is 1. The van der Waals surface area contributed by atoms with Crippen molar-refractivity contribution in [1.29, 1.82) is 0 Å². The summed E-state index contributed by atoms with van der Waals surface area (Å²) in [6.45, 7) is 5.95. The minimum atomic E-state index is -1.19. The van der Waals surface area contributed by atoms with Crippen molar-refractivity contribution in [2.45, 2.75) is 58.4 Å². The maximum absolute atomic E-state index is 11.5. The van der Waals surface area contributed by atoms with Crippen LogP contribution in [0.1, 0.15) is 52.9 Å². The first-order valence-corrected chi connectivity index (χ1v) is 6.25. The number of aliphatic carboxylic acids is 1. The van der Waals surface area contributed by atoms with Gasteiger partial charge in [0, 0.05) is 6.54 Å². The lowest BCUT2D eigenvalue weighted by molar-refractivity contribution is -0.143. The summed E-state index contributed by atoms with van der Waals surface area (Å²) in [4.78, 5) is 22.4. The molecule has 0 aromatic carbocycles. The summed E-state index contributed by atoms with van der Waals surface area (Å²) in [7, 11) is 0. The van der Waals surface area contributed by atoms with Crippen molar-refractivity contribution in [3.63, 3.8) is 0 Å². The molecule has 0 heterocycles. The third kappa shape index (κ3) is 6.14. The van der Waals surface area contributed by atoms with Gasteiger partial charge in [-0.05, 0) is 19.8 Å².